The van der Waals surface area contributed by atoms with Gasteiger partial charge in [-0.05, 0) is 44.1 Å². The molecule has 7 nitrogen and oxygen atoms in total. The summed E-state index contributed by atoms with van der Waals surface area (Å²) in [5.74, 6) is -2.34. The third kappa shape index (κ3) is 5.64. The van der Waals surface area contributed by atoms with Crippen LogP contribution < -0.4 is 5.32 Å². The fourth-order valence-corrected chi connectivity index (χ4v) is 5.15. The zero-order chi connectivity index (χ0) is 23.8. The predicted molar refractivity (Wildman–Crippen MR) is 125 cm³/mol. The molecule has 180 valence electrons. The Morgan fingerprint density at radius 2 is 1.85 bits per heavy atom. The zero-order valence-corrected chi connectivity index (χ0v) is 19.6. The summed E-state index contributed by atoms with van der Waals surface area (Å²) in [7, 11) is 0. The molecule has 1 saturated heterocycles. The molecule has 0 bridgehead atoms. The number of ether oxygens (including phenoxy) is 1. The summed E-state index contributed by atoms with van der Waals surface area (Å²) in [6, 6.07) is 8.99. The summed E-state index contributed by atoms with van der Waals surface area (Å²) < 4.78 is 5.35. The van der Waals surface area contributed by atoms with Gasteiger partial charge in [-0.25, -0.2) is 0 Å². The van der Waals surface area contributed by atoms with E-state index in [0.29, 0.717) is 25.9 Å². The van der Waals surface area contributed by atoms with Gasteiger partial charge >= 0.3 is 5.97 Å². The largest absolute Gasteiger partial charge is 0.466 e. The summed E-state index contributed by atoms with van der Waals surface area (Å²) in [4.78, 5) is 41.6. The van der Waals surface area contributed by atoms with Crippen LogP contribution in [0.5, 0.6) is 0 Å². The molecule has 0 aromatic heterocycles. The first-order chi connectivity index (χ1) is 16.0. The van der Waals surface area contributed by atoms with Gasteiger partial charge in [0.05, 0.1) is 18.4 Å². The van der Waals surface area contributed by atoms with Crippen LogP contribution in [0.4, 0.5) is 0 Å². The third-order valence-corrected chi connectivity index (χ3v) is 6.78. The minimum Gasteiger partial charge on any atom is -0.466 e. The molecule has 33 heavy (non-hydrogen) atoms. The van der Waals surface area contributed by atoms with Crippen LogP contribution in [0.25, 0.3) is 0 Å². The molecule has 2 amide bonds. The summed E-state index contributed by atoms with van der Waals surface area (Å²) in [5.41, 5.74) is 0.982. The summed E-state index contributed by atoms with van der Waals surface area (Å²) in [6.07, 6.45) is 6.79. The molecular weight excluding hydrogens is 420 g/mol. The highest BCUT2D eigenvalue weighted by atomic mass is 16.5. The van der Waals surface area contributed by atoms with Crippen LogP contribution in [0.15, 0.2) is 42.5 Å². The Morgan fingerprint density at radius 1 is 1.09 bits per heavy atom. The summed E-state index contributed by atoms with van der Waals surface area (Å²) in [6.45, 7) is 4.92. The molecule has 3 rings (SSSR count). The van der Waals surface area contributed by atoms with Crippen LogP contribution in [0.1, 0.15) is 45.1 Å². The number of hydrogen-bond acceptors (Lipinski definition) is 5. The Morgan fingerprint density at radius 3 is 2.52 bits per heavy atom. The Kier molecular flexibility index (Phi) is 9.06. The molecular formula is C26H36N2O5. The van der Waals surface area contributed by atoms with Gasteiger partial charge in [-0.15, -0.1) is 0 Å². The maximum Gasteiger partial charge on any atom is 0.310 e. The summed E-state index contributed by atoms with van der Waals surface area (Å²) in [5, 5.41) is 12.1. The number of allylic oxidation sites excluding steroid dienone is 1. The highest BCUT2D eigenvalue weighted by molar-refractivity contribution is 5.96. The maximum absolute atomic E-state index is 13.6. The Balaban J connectivity index is 1.86. The van der Waals surface area contributed by atoms with Crippen molar-refractivity contribution in [3.63, 3.8) is 0 Å². The van der Waals surface area contributed by atoms with Crippen LogP contribution in [0.2, 0.25) is 0 Å². The number of nitrogens with zero attached hydrogens (tertiary/aromatic N) is 1. The van der Waals surface area contributed by atoms with Crippen molar-refractivity contribution in [2.24, 2.45) is 23.7 Å². The van der Waals surface area contributed by atoms with Crippen LogP contribution in [0.3, 0.4) is 0 Å². The lowest BCUT2D eigenvalue weighted by Crippen LogP contribution is -2.47. The van der Waals surface area contributed by atoms with E-state index in [4.69, 9.17) is 9.84 Å². The van der Waals surface area contributed by atoms with Crippen LogP contribution in [0, 0.1) is 23.7 Å². The molecule has 7 heteroatoms. The van der Waals surface area contributed by atoms with E-state index >= 15 is 0 Å². The van der Waals surface area contributed by atoms with E-state index in [1.54, 1.807) is 11.8 Å². The van der Waals surface area contributed by atoms with Crippen molar-refractivity contribution in [2.45, 2.75) is 52.1 Å². The van der Waals surface area contributed by atoms with Gasteiger partial charge in [0.1, 0.15) is 6.04 Å². The second-order valence-electron chi connectivity index (χ2n) is 8.80. The van der Waals surface area contributed by atoms with E-state index in [-0.39, 0.29) is 42.8 Å². The molecule has 2 N–H and O–H groups in total. The SMILES string of the molecule is CCOC(=O)[C@H]1[C@H]2C(=O)N(CCCCCO)[C@H](C(=O)NCc3ccccc3)[C@H]2C=C[C@H]1CC. The molecule has 1 aromatic carbocycles. The first kappa shape index (κ1) is 25.0. The molecule has 1 fully saturated rings. The minimum atomic E-state index is -0.661. The van der Waals surface area contributed by atoms with Gasteiger partial charge in [0, 0.05) is 25.6 Å². The van der Waals surface area contributed by atoms with E-state index in [0.717, 1.165) is 18.4 Å². The number of rotatable bonds is 11. The summed E-state index contributed by atoms with van der Waals surface area (Å²) >= 11 is 0. The van der Waals surface area contributed by atoms with Gasteiger partial charge in [-0.3, -0.25) is 14.4 Å². The minimum absolute atomic E-state index is 0.0865. The first-order valence-corrected chi connectivity index (χ1v) is 12.1. The lowest BCUT2D eigenvalue weighted by molar-refractivity contribution is -0.155. The van der Waals surface area contributed by atoms with Crippen molar-refractivity contribution in [1.82, 2.24) is 10.2 Å². The van der Waals surface area contributed by atoms with Crippen molar-refractivity contribution in [2.75, 3.05) is 19.8 Å². The molecule has 0 radical (unpaired) electrons. The zero-order valence-electron chi connectivity index (χ0n) is 19.6. The fourth-order valence-electron chi connectivity index (χ4n) is 5.15. The van der Waals surface area contributed by atoms with Gasteiger partial charge in [0.25, 0.3) is 0 Å². The molecule has 0 saturated carbocycles. The third-order valence-electron chi connectivity index (χ3n) is 6.78. The second kappa shape index (κ2) is 12.0. The Hall–Kier alpha value is -2.67. The van der Waals surface area contributed by atoms with Crippen molar-refractivity contribution < 1.29 is 24.2 Å². The topological polar surface area (TPSA) is 95.9 Å². The average Bonchev–Trinajstić information content (AvgIpc) is 3.12. The highest BCUT2D eigenvalue weighted by Gasteiger charge is 2.57. The molecule has 1 aliphatic carbocycles. The van der Waals surface area contributed by atoms with E-state index in [9.17, 15) is 14.4 Å². The molecule has 1 aliphatic heterocycles. The van der Waals surface area contributed by atoms with E-state index in [1.165, 1.54) is 0 Å². The number of fused-ring (bicyclic) bond motifs is 1. The molecule has 1 aromatic rings. The predicted octanol–water partition coefficient (Wildman–Crippen LogP) is 2.68. The van der Waals surface area contributed by atoms with Crippen LogP contribution in [-0.2, 0) is 25.7 Å². The van der Waals surface area contributed by atoms with Crippen LogP contribution >= 0.6 is 0 Å². The maximum atomic E-state index is 13.6. The van der Waals surface area contributed by atoms with Gasteiger partial charge < -0.3 is 20.1 Å². The van der Waals surface area contributed by atoms with Crippen LogP contribution in [-0.4, -0.2) is 53.6 Å². The van der Waals surface area contributed by atoms with Gasteiger partial charge in [0.15, 0.2) is 0 Å². The number of carbonyl (C=O) groups excluding carboxylic acids is 3. The average molecular weight is 457 g/mol. The number of aliphatic hydroxyl groups is 1. The fraction of sp³-hybridized carbons (Fsp3) is 0.577. The Bertz CT molecular complexity index is 840. The second-order valence-corrected chi connectivity index (χ2v) is 8.80. The lowest BCUT2D eigenvalue weighted by atomic mass is 9.69. The number of unbranched alkanes of at least 4 members (excludes halogenated alkanes) is 2. The first-order valence-electron chi connectivity index (χ1n) is 12.1. The molecule has 2 aliphatic rings. The quantitative estimate of drug-likeness (QED) is 0.303. The number of aliphatic hydroxyl groups excluding tert-OH is 1. The molecule has 0 unspecified atom stereocenters. The van der Waals surface area contributed by atoms with Crippen molar-refractivity contribution in [3.05, 3.63) is 48.0 Å². The molecule has 5 atom stereocenters. The van der Waals surface area contributed by atoms with Crippen molar-refractivity contribution >= 4 is 17.8 Å². The number of benzene rings is 1. The van der Waals surface area contributed by atoms with E-state index < -0.39 is 17.9 Å². The smallest absolute Gasteiger partial charge is 0.310 e. The van der Waals surface area contributed by atoms with Crippen molar-refractivity contribution in [1.29, 1.82) is 0 Å². The van der Waals surface area contributed by atoms with Gasteiger partial charge in [-0.2, -0.15) is 0 Å². The normalized spacial score (nSPS) is 26.2. The molecule has 1 heterocycles. The monoisotopic (exact) mass is 456 g/mol. The number of esters is 1. The number of carbonyl (C=O) groups is 3. The van der Waals surface area contributed by atoms with E-state index in [1.807, 2.05) is 49.4 Å². The number of likely N-dealkylation sites (tertiary alicyclic amines) is 1. The van der Waals surface area contributed by atoms with Crippen molar-refractivity contribution in [3.8, 4) is 0 Å². The van der Waals surface area contributed by atoms with Gasteiger partial charge in [-0.1, -0.05) is 49.4 Å². The lowest BCUT2D eigenvalue weighted by Gasteiger charge is -2.33. The molecule has 0 spiro atoms. The Labute approximate surface area is 196 Å². The standard InChI is InChI=1S/C26H36N2O5/c1-3-19-13-14-20-22(21(19)26(32)33-4-2)25(31)28(15-9-6-10-16-29)23(20)24(30)27-17-18-11-7-5-8-12-18/h5,7-8,11-14,19-23,29H,3-4,6,9-10,15-17H2,1-2H3,(H,27,30)/t19-,20+,21-,22+,23+/m1/s1. The number of hydrogen-bond donors (Lipinski definition) is 2. The van der Waals surface area contributed by atoms with E-state index in [2.05, 4.69) is 5.32 Å². The highest BCUT2D eigenvalue weighted by Crippen LogP contribution is 2.45. The number of amides is 2. The van der Waals surface area contributed by atoms with Gasteiger partial charge in [0.2, 0.25) is 11.8 Å². The number of nitrogens with one attached hydrogen (secondary N) is 1.